The van der Waals surface area contributed by atoms with Crippen LogP contribution in [0.1, 0.15) is 25.5 Å². The minimum absolute atomic E-state index is 0.795. The summed E-state index contributed by atoms with van der Waals surface area (Å²) in [4.78, 5) is 2.40. The van der Waals surface area contributed by atoms with E-state index < -0.39 is 0 Å². The van der Waals surface area contributed by atoms with Gasteiger partial charge in [0.25, 0.3) is 0 Å². The molecule has 1 aliphatic rings. The summed E-state index contributed by atoms with van der Waals surface area (Å²) in [5.41, 5.74) is 7.82. The number of nitrogens with one attached hydrogen (secondary N) is 1. The summed E-state index contributed by atoms with van der Waals surface area (Å²) in [7, 11) is 4.12. The number of nitrogens with two attached hydrogens (primary N) is 1. The predicted molar refractivity (Wildman–Crippen MR) is 71.1 cm³/mol. The number of rotatable bonds is 6. The zero-order valence-electron chi connectivity index (χ0n) is 11.0. The van der Waals surface area contributed by atoms with Gasteiger partial charge in [0.15, 0.2) is 0 Å². The Hall–Kier alpha value is -1.23. The van der Waals surface area contributed by atoms with Crippen LogP contribution in [0.5, 0.6) is 0 Å². The van der Waals surface area contributed by atoms with Crippen molar-refractivity contribution in [2.45, 2.75) is 32.2 Å². The lowest BCUT2D eigenvalue weighted by Crippen LogP contribution is -2.27. The summed E-state index contributed by atoms with van der Waals surface area (Å²) in [5, 5.41) is 7.77. The number of anilines is 2. The van der Waals surface area contributed by atoms with Crippen molar-refractivity contribution in [3.05, 3.63) is 5.69 Å². The molecule has 96 valence electrons. The number of nitrogen functional groups attached to an aromatic ring is 1. The third kappa shape index (κ3) is 2.72. The van der Waals surface area contributed by atoms with Gasteiger partial charge in [-0.25, -0.2) is 0 Å². The maximum absolute atomic E-state index is 6.04. The fourth-order valence-corrected chi connectivity index (χ4v) is 2.12. The second-order valence-electron chi connectivity index (χ2n) is 4.82. The molecule has 0 aliphatic heterocycles. The van der Waals surface area contributed by atoms with Crippen molar-refractivity contribution in [1.29, 1.82) is 0 Å². The first-order valence-electron chi connectivity index (χ1n) is 6.39. The van der Waals surface area contributed by atoms with Gasteiger partial charge in [-0.05, 0) is 26.3 Å². The third-order valence-electron chi connectivity index (χ3n) is 3.42. The van der Waals surface area contributed by atoms with Gasteiger partial charge in [0.2, 0.25) is 0 Å². The molecular weight excluding hydrogens is 214 g/mol. The van der Waals surface area contributed by atoms with E-state index in [1.165, 1.54) is 12.8 Å². The predicted octanol–water partition coefficient (Wildman–Crippen LogP) is 1.07. The highest BCUT2D eigenvalue weighted by molar-refractivity contribution is 5.64. The lowest BCUT2D eigenvalue weighted by molar-refractivity contribution is 0.337. The second kappa shape index (κ2) is 4.96. The Morgan fingerprint density at radius 2 is 2.24 bits per heavy atom. The SMILES string of the molecule is CCc1nn(C)c(NCCN(C)C2CC2)c1N. The van der Waals surface area contributed by atoms with Gasteiger partial charge in [-0.15, -0.1) is 0 Å². The molecular formula is C12H23N5. The molecule has 1 aliphatic carbocycles. The normalized spacial score (nSPS) is 15.5. The molecule has 5 nitrogen and oxygen atoms in total. The second-order valence-corrected chi connectivity index (χ2v) is 4.82. The molecule has 1 saturated carbocycles. The molecule has 1 heterocycles. The van der Waals surface area contributed by atoms with Crippen molar-refractivity contribution in [3.8, 4) is 0 Å². The van der Waals surface area contributed by atoms with E-state index in [2.05, 4.69) is 29.3 Å². The first kappa shape index (κ1) is 12.2. The zero-order valence-corrected chi connectivity index (χ0v) is 11.0. The van der Waals surface area contributed by atoms with Crippen LogP contribution in [0.25, 0.3) is 0 Å². The van der Waals surface area contributed by atoms with Gasteiger partial charge in [-0.3, -0.25) is 4.68 Å². The zero-order chi connectivity index (χ0) is 12.4. The number of aryl methyl sites for hydroxylation is 2. The lowest BCUT2D eigenvalue weighted by atomic mass is 10.3. The van der Waals surface area contributed by atoms with Gasteiger partial charge < -0.3 is 16.0 Å². The maximum atomic E-state index is 6.04. The maximum Gasteiger partial charge on any atom is 0.147 e. The highest BCUT2D eigenvalue weighted by atomic mass is 15.3. The summed E-state index contributed by atoms with van der Waals surface area (Å²) in [5.74, 6) is 0.950. The summed E-state index contributed by atoms with van der Waals surface area (Å²) in [6, 6.07) is 0.812. The van der Waals surface area contributed by atoms with Crippen LogP contribution < -0.4 is 11.1 Å². The van der Waals surface area contributed by atoms with Gasteiger partial charge in [-0.2, -0.15) is 5.10 Å². The molecule has 0 unspecified atom stereocenters. The molecule has 0 aromatic carbocycles. The van der Waals surface area contributed by atoms with Gasteiger partial charge in [-0.1, -0.05) is 6.92 Å². The number of aromatic nitrogens is 2. The van der Waals surface area contributed by atoms with Gasteiger partial charge in [0, 0.05) is 26.2 Å². The molecule has 1 aromatic rings. The van der Waals surface area contributed by atoms with Crippen LogP contribution in [0.3, 0.4) is 0 Å². The fourth-order valence-electron chi connectivity index (χ4n) is 2.12. The molecule has 1 aromatic heterocycles. The molecule has 0 spiro atoms. The van der Waals surface area contributed by atoms with E-state index in [1.54, 1.807) is 0 Å². The summed E-state index contributed by atoms with van der Waals surface area (Å²) in [6.45, 7) is 4.04. The van der Waals surface area contributed by atoms with Gasteiger partial charge in [0.1, 0.15) is 5.82 Å². The van der Waals surface area contributed by atoms with Crippen LogP contribution in [0.4, 0.5) is 11.5 Å². The van der Waals surface area contributed by atoms with E-state index in [4.69, 9.17) is 5.73 Å². The van der Waals surface area contributed by atoms with Crippen LogP contribution in [0, 0.1) is 0 Å². The Morgan fingerprint density at radius 3 is 2.76 bits per heavy atom. The topological polar surface area (TPSA) is 59.1 Å². The van der Waals surface area contributed by atoms with Gasteiger partial charge >= 0.3 is 0 Å². The number of hydrogen-bond acceptors (Lipinski definition) is 4. The minimum Gasteiger partial charge on any atom is -0.394 e. The molecule has 3 N–H and O–H groups in total. The molecule has 0 amide bonds. The number of hydrogen-bond donors (Lipinski definition) is 2. The summed E-state index contributed by atoms with van der Waals surface area (Å²) in [6.07, 6.45) is 3.58. The Morgan fingerprint density at radius 1 is 1.53 bits per heavy atom. The van der Waals surface area contributed by atoms with E-state index >= 15 is 0 Å². The third-order valence-corrected chi connectivity index (χ3v) is 3.42. The van der Waals surface area contributed by atoms with Crippen molar-refractivity contribution in [2.24, 2.45) is 7.05 Å². The standard InChI is InChI=1S/C12H23N5/c1-4-10-11(13)12(17(3)15-10)14-7-8-16(2)9-5-6-9/h9,14H,4-8,13H2,1-3H3. The highest BCUT2D eigenvalue weighted by Crippen LogP contribution is 2.25. The monoisotopic (exact) mass is 237 g/mol. The first-order chi connectivity index (χ1) is 8.13. The Bertz CT molecular complexity index is 380. The summed E-state index contributed by atoms with van der Waals surface area (Å²) < 4.78 is 1.84. The molecule has 5 heteroatoms. The van der Waals surface area contributed by atoms with E-state index in [-0.39, 0.29) is 0 Å². The van der Waals surface area contributed by atoms with Crippen molar-refractivity contribution < 1.29 is 0 Å². The van der Waals surface area contributed by atoms with Crippen LogP contribution in [-0.2, 0) is 13.5 Å². The van der Waals surface area contributed by atoms with Crippen LogP contribution in [0.2, 0.25) is 0 Å². The molecule has 0 radical (unpaired) electrons. The smallest absolute Gasteiger partial charge is 0.147 e. The van der Waals surface area contributed by atoms with Crippen LogP contribution >= 0.6 is 0 Å². The molecule has 0 bridgehead atoms. The quantitative estimate of drug-likeness (QED) is 0.777. The number of nitrogens with zero attached hydrogens (tertiary/aromatic N) is 3. The average Bonchev–Trinajstić information content (AvgIpc) is 3.10. The largest absolute Gasteiger partial charge is 0.394 e. The molecule has 17 heavy (non-hydrogen) atoms. The fraction of sp³-hybridized carbons (Fsp3) is 0.750. The Labute approximate surface area is 103 Å². The van der Waals surface area contributed by atoms with Crippen molar-refractivity contribution in [3.63, 3.8) is 0 Å². The Balaban J connectivity index is 1.87. The molecule has 0 atom stereocenters. The van der Waals surface area contributed by atoms with Crippen molar-refractivity contribution in [2.75, 3.05) is 31.2 Å². The van der Waals surface area contributed by atoms with Crippen LogP contribution in [0.15, 0.2) is 0 Å². The van der Waals surface area contributed by atoms with Crippen molar-refractivity contribution in [1.82, 2.24) is 14.7 Å². The van der Waals surface area contributed by atoms with E-state index in [1.807, 2.05) is 11.7 Å². The highest BCUT2D eigenvalue weighted by Gasteiger charge is 2.25. The summed E-state index contributed by atoms with van der Waals surface area (Å²) >= 11 is 0. The average molecular weight is 237 g/mol. The van der Waals surface area contributed by atoms with Crippen LogP contribution in [-0.4, -0.2) is 40.9 Å². The van der Waals surface area contributed by atoms with Crippen molar-refractivity contribution >= 4 is 11.5 Å². The molecule has 1 fully saturated rings. The number of likely N-dealkylation sites (N-methyl/N-ethyl adjacent to an activating group) is 1. The Kier molecular flexibility index (Phi) is 3.57. The van der Waals surface area contributed by atoms with Gasteiger partial charge in [0.05, 0.1) is 11.4 Å². The minimum atomic E-state index is 0.795. The lowest BCUT2D eigenvalue weighted by Gasteiger charge is -2.16. The molecule has 0 saturated heterocycles. The van der Waals surface area contributed by atoms with E-state index in [9.17, 15) is 0 Å². The first-order valence-corrected chi connectivity index (χ1v) is 6.39. The van der Waals surface area contributed by atoms with E-state index in [0.717, 1.165) is 42.8 Å². The van der Waals surface area contributed by atoms with E-state index in [0.29, 0.717) is 0 Å². The molecule has 2 rings (SSSR count).